The summed E-state index contributed by atoms with van der Waals surface area (Å²) in [7, 11) is -1.09. The average molecular weight is 410 g/mol. The molecule has 0 unspecified atom stereocenters. The minimum atomic E-state index is -3.61. The molecule has 0 bridgehead atoms. The Morgan fingerprint density at radius 3 is 1.86 bits per heavy atom. The van der Waals surface area contributed by atoms with Gasteiger partial charge in [-0.05, 0) is 48.5 Å². The number of phenolic OH excluding ortho intramolecular Hbond substituents is 1. The van der Waals surface area contributed by atoms with Crippen LogP contribution in [0.2, 0.25) is 0 Å². The van der Waals surface area contributed by atoms with Gasteiger partial charge >= 0.3 is 7.60 Å². The highest BCUT2D eigenvalue weighted by molar-refractivity contribution is 7.56. The first-order chi connectivity index (χ1) is 12.5. The summed E-state index contributed by atoms with van der Waals surface area (Å²) in [5.74, 6) is -0.263. The molecule has 1 aromatic rings. The predicted molar refractivity (Wildman–Crippen MR) is 115 cm³/mol. The molecule has 1 rings (SSSR count). The number of ketones is 1. The number of rotatable bonds is 6. The van der Waals surface area contributed by atoms with E-state index in [0.29, 0.717) is 5.56 Å². The van der Waals surface area contributed by atoms with E-state index in [1.807, 2.05) is 32.9 Å². The van der Waals surface area contributed by atoms with Crippen LogP contribution >= 0.6 is 7.60 Å². The molecule has 5 nitrogen and oxygen atoms in total. The molecule has 1 aromatic carbocycles. The molecule has 0 spiro atoms. The monoisotopic (exact) mass is 410 g/mol. The Bertz CT molecular complexity index is 799. The van der Waals surface area contributed by atoms with E-state index in [2.05, 4.69) is 20.8 Å². The largest absolute Gasteiger partial charge is 0.507 e. The van der Waals surface area contributed by atoms with Gasteiger partial charge in [0.25, 0.3) is 0 Å². The summed E-state index contributed by atoms with van der Waals surface area (Å²) in [6, 6.07) is 3.90. The van der Waals surface area contributed by atoms with Gasteiger partial charge in [-0.25, -0.2) is 0 Å². The number of phenols is 1. The molecule has 158 valence electrons. The van der Waals surface area contributed by atoms with Crippen molar-refractivity contribution in [3.05, 3.63) is 34.9 Å². The minimum Gasteiger partial charge on any atom is -0.507 e. The van der Waals surface area contributed by atoms with Gasteiger partial charge in [0.1, 0.15) is 10.9 Å². The maximum Gasteiger partial charge on any atom is 0.343 e. The van der Waals surface area contributed by atoms with Crippen LogP contribution in [-0.2, 0) is 29.2 Å². The molecular weight excluding hydrogens is 375 g/mol. The Morgan fingerprint density at radius 2 is 1.46 bits per heavy atom. The van der Waals surface area contributed by atoms with Crippen LogP contribution in [0.15, 0.2) is 18.2 Å². The van der Waals surface area contributed by atoms with E-state index in [-0.39, 0.29) is 16.6 Å². The van der Waals surface area contributed by atoms with Gasteiger partial charge in [0, 0.05) is 25.3 Å². The van der Waals surface area contributed by atoms with Crippen molar-refractivity contribution in [3.8, 4) is 5.75 Å². The van der Waals surface area contributed by atoms with Crippen molar-refractivity contribution < 1.29 is 23.5 Å². The first-order valence-electron chi connectivity index (χ1n) is 9.33. The van der Waals surface area contributed by atoms with Crippen LogP contribution in [0.5, 0.6) is 5.75 Å². The van der Waals surface area contributed by atoms with Gasteiger partial charge in [0.15, 0.2) is 5.78 Å². The lowest BCUT2D eigenvalue weighted by Crippen LogP contribution is -2.31. The molecule has 0 heterocycles. The highest BCUT2D eigenvalue weighted by Gasteiger charge is 2.47. The molecule has 0 atom stereocenters. The number of aromatic hydroxyl groups is 1. The fourth-order valence-electron chi connectivity index (χ4n) is 2.82. The Balaban J connectivity index is 3.49. The third kappa shape index (κ3) is 4.94. The first kappa shape index (κ1) is 24.6. The number of carbonyl (C=O) groups excluding carboxylic acids is 1. The van der Waals surface area contributed by atoms with Crippen LogP contribution in [0.25, 0.3) is 6.08 Å². The van der Waals surface area contributed by atoms with E-state index >= 15 is 0 Å². The van der Waals surface area contributed by atoms with Crippen LogP contribution < -0.4 is 0 Å². The number of allylic oxidation sites excluding steroid dienone is 1. The lowest BCUT2D eigenvalue weighted by Gasteiger charge is -2.29. The Kier molecular flexibility index (Phi) is 7.15. The third-order valence-electron chi connectivity index (χ3n) is 5.00. The van der Waals surface area contributed by atoms with Crippen molar-refractivity contribution in [2.75, 3.05) is 14.2 Å². The number of carbonyl (C=O) groups is 1. The molecule has 0 aliphatic rings. The van der Waals surface area contributed by atoms with Crippen molar-refractivity contribution in [2.24, 2.45) is 0 Å². The maximum atomic E-state index is 12.8. The Labute approximate surface area is 169 Å². The molecule has 28 heavy (non-hydrogen) atoms. The molecular formula is C22H35O5P. The molecule has 0 saturated carbocycles. The number of hydrogen-bond acceptors (Lipinski definition) is 5. The fraction of sp³-hybridized carbons (Fsp3) is 0.591. The molecule has 6 heteroatoms. The normalized spacial score (nSPS) is 13.9. The summed E-state index contributed by atoms with van der Waals surface area (Å²) < 4.78 is 22.7. The summed E-state index contributed by atoms with van der Waals surface area (Å²) in [5.41, 5.74) is 2.03. The highest BCUT2D eigenvalue weighted by atomic mass is 31.2. The topological polar surface area (TPSA) is 72.8 Å². The van der Waals surface area contributed by atoms with Crippen molar-refractivity contribution >= 4 is 19.5 Å². The zero-order chi connectivity index (χ0) is 22.1. The summed E-state index contributed by atoms with van der Waals surface area (Å²) >= 11 is 0. The SMILES string of the molecule is COP(=O)(OC)C(C)(C)C(=O)/C=C/c1cc(C(C)(C)C)cc(C(C)(C)C)c1O. The van der Waals surface area contributed by atoms with Gasteiger partial charge in [-0.2, -0.15) is 0 Å². The smallest absolute Gasteiger partial charge is 0.343 e. The molecule has 0 aromatic heterocycles. The van der Waals surface area contributed by atoms with Crippen molar-refractivity contribution in [2.45, 2.75) is 71.4 Å². The van der Waals surface area contributed by atoms with Gasteiger partial charge in [0.05, 0.1) is 0 Å². The lowest BCUT2D eigenvalue weighted by atomic mass is 9.79. The standard InChI is InChI=1S/C22H35O5P/c1-20(2,3)16-13-15(19(24)17(14-16)21(4,5)6)11-12-18(23)22(7,8)28(25,26-9)27-10/h11-14,24H,1-10H3/b12-11+. The van der Waals surface area contributed by atoms with Crippen LogP contribution in [-0.4, -0.2) is 30.3 Å². The molecule has 0 aliphatic heterocycles. The van der Waals surface area contributed by atoms with Crippen molar-refractivity contribution in [1.29, 1.82) is 0 Å². The minimum absolute atomic E-state index is 0.124. The van der Waals surface area contributed by atoms with E-state index in [1.54, 1.807) is 6.08 Å². The van der Waals surface area contributed by atoms with Crippen LogP contribution in [0.4, 0.5) is 0 Å². The maximum absolute atomic E-state index is 12.8. The van der Waals surface area contributed by atoms with E-state index in [0.717, 1.165) is 11.1 Å². The van der Waals surface area contributed by atoms with E-state index in [4.69, 9.17) is 9.05 Å². The van der Waals surface area contributed by atoms with Gasteiger partial charge in [-0.1, -0.05) is 47.6 Å². The molecule has 0 radical (unpaired) electrons. The van der Waals surface area contributed by atoms with E-state index < -0.39 is 18.5 Å². The molecule has 0 saturated heterocycles. The summed E-state index contributed by atoms with van der Waals surface area (Å²) in [6.07, 6.45) is 2.90. The van der Waals surface area contributed by atoms with Gasteiger partial charge in [0.2, 0.25) is 0 Å². The Hall–Kier alpha value is -1.42. The molecule has 0 fully saturated rings. The lowest BCUT2D eigenvalue weighted by molar-refractivity contribution is -0.116. The Morgan fingerprint density at radius 1 is 0.964 bits per heavy atom. The highest BCUT2D eigenvalue weighted by Crippen LogP contribution is 2.59. The molecule has 0 aliphatic carbocycles. The van der Waals surface area contributed by atoms with Crippen molar-refractivity contribution in [1.82, 2.24) is 0 Å². The first-order valence-corrected chi connectivity index (χ1v) is 10.9. The second kappa shape index (κ2) is 8.14. The second-order valence-corrected chi connectivity index (χ2v) is 12.4. The van der Waals surface area contributed by atoms with Gasteiger partial charge in [-0.3, -0.25) is 9.36 Å². The van der Waals surface area contributed by atoms with E-state index in [9.17, 15) is 14.5 Å². The van der Waals surface area contributed by atoms with Crippen LogP contribution in [0, 0.1) is 0 Å². The summed E-state index contributed by atoms with van der Waals surface area (Å²) in [5, 5.41) is 9.47. The zero-order valence-corrected chi connectivity index (χ0v) is 19.7. The summed E-state index contributed by atoms with van der Waals surface area (Å²) in [6.45, 7) is 15.4. The molecule has 1 N–H and O–H groups in total. The van der Waals surface area contributed by atoms with Gasteiger partial charge < -0.3 is 14.2 Å². The average Bonchev–Trinajstić information content (AvgIpc) is 2.57. The van der Waals surface area contributed by atoms with Gasteiger partial charge in [-0.15, -0.1) is 0 Å². The molecule has 0 amide bonds. The second-order valence-electron chi connectivity index (χ2n) is 9.58. The summed E-state index contributed by atoms with van der Waals surface area (Å²) in [4.78, 5) is 12.8. The van der Waals surface area contributed by atoms with Crippen LogP contribution in [0.1, 0.15) is 72.1 Å². The number of benzene rings is 1. The zero-order valence-electron chi connectivity index (χ0n) is 18.8. The predicted octanol–water partition coefficient (Wildman–Crippen LogP) is 5.83. The quantitative estimate of drug-likeness (QED) is 0.471. The van der Waals surface area contributed by atoms with E-state index in [1.165, 1.54) is 34.1 Å². The van der Waals surface area contributed by atoms with Crippen LogP contribution in [0.3, 0.4) is 0 Å². The number of hydrogen-bond donors (Lipinski definition) is 1. The van der Waals surface area contributed by atoms with Crippen molar-refractivity contribution in [3.63, 3.8) is 0 Å². The third-order valence-corrected chi connectivity index (χ3v) is 7.55. The fourth-order valence-corrected chi connectivity index (χ4v) is 4.23.